The molecule has 2 heteroatoms. The zero-order chi connectivity index (χ0) is 8.39. The summed E-state index contributed by atoms with van der Waals surface area (Å²) in [7, 11) is 0. The summed E-state index contributed by atoms with van der Waals surface area (Å²) >= 11 is 1.77. The third-order valence-corrected chi connectivity index (χ3v) is 2.87. The average Bonchev–Trinajstić information content (AvgIpc) is 2.53. The van der Waals surface area contributed by atoms with E-state index in [0.29, 0.717) is 0 Å². The van der Waals surface area contributed by atoms with Crippen molar-refractivity contribution >= 4 is 11.3 Å². The summed E-state index contributed by atoms with van der Waals surface area (Å²) in [4.78, 5) is 5.33. The van der Waals surface area contributed by atoms with Gasteiger partial charge in [0.25, 0.3) is 0 Å². The van der Waals surface area contributed by atoms with Gasteiger partial charge in [0.1, 0.15) is 0 Å². The molecule has 2 aromatic heterocycles. The molecule has 0 amide bonds. The monoisotopic (exact) mass is 175 g/mol. The van der Waals surface area contributed by atoms with Gasteiger partial charge in [-0.3, -0.25) is 4.98 Å². The molecule has 0 atom stereocenters. The Morgan fingerprint density at radius 2 is 1.92 bits per heavy atom. The highest BCUT2D eigenvalue weighted by Gasteiger charge is 2.00. The number of nitrogens with zero attached hydrogens (tertiary/aromatic N) is 1. The molecule has 0 fully saturated rings. The van der Waals surface area contributed by atoms with Crippen molar-refractivity contribution in [2.45, 2.75) is 6.92 Å². The van der Waals surface area contributed by atoms with Crippen molar-refractivity contribution in [2.75, 3.05) is 0 Å². The molecule has 0 saturated carbocycles. The van der Waals surface area contributed by atoms with E-state index in [0.717, 1.165) is 0 Å². The van der Waals surface area contributed by atoms with E-state index in [4.69, 9.17) is 0 Å². The Hall–Kier alpha value is -1.15. The van der Waals surface area contributed by atoms with Crippen molar-refractivity contribution in [3.05, 3.63) is 41.5 Å². The van der Waals surface area contributed by atoms with Crippen LogP contribution in [-0.2, 0) is 0 Å². The first-order chi connectivity index (χ1) is 5.88. The molecule has 0 radical (unpaired) electrons. The second kappa shape index (κ2) is 3.07. The third-order valence-electron chi connectivity index (χ3n) is 1.80. The van der Waals surface area contributed by atoms with E-state index in [1.165, 1.54) is 16.0 Å². The zero-order valence-electron chi connectivity index (χ0n) is 6.82. The number of aromatic nitrogens is 1. The van der Waals surface area contributed by atoms with Crippen LogP contribution in [0, 0.1) is 6.92 Å². The minimum absolute atomic E-state index is 1.26. The lowest BCUT2D eigenvalue weighted by molar-refractivity contribution is 1.33. The minimum atomic E-state index is 1.26. The number of hydrogen-bond acceptors (Lipinski definition) is 2. The van der Waals surface area contributed by atoms with Gasteiger partial charge in [-0.2, -0.15) is 0 Å². The molecule has 2 heterocycles. The Morgan fingerprint density at radius 1 is 1.17 bits per heavy atom. The maximum Gasteiger partial charge on any atom is 0.0372 e. The SMILES string of the molecule is Cc1ccsc1-c1ccncc1. The van der Waals surface area contributed by atoms with E-state index in [1.807, 2.05) is 24.5 Å². The van der Waals surface area contributed by atoms with Crippen molar-refractivity contribution < 1.29 is 0 Å². The molecule has 0 aliphatic heterocycles. The highest BCUT2D eigenvalue weighted by atomic mass is 32.1. The van der Waals surface area contributed by atoms with Crippen LogP contribution in [0.5, 0.6) is 0 Å². The topological polar surface area (TPSA) is 12.9 Å². The van der Waals surface area contributed by atoms with Gasteiger partial charge in [-0.1, -0.05) is 0 Å². The highest BCUT2D eigenvalue weighted by Crippen LogP contribution is 2.27. The molecule has 0 aliphatic carbocycles. The molecule has 60 valence electrons. The first kappa shape index (κ1) is 7.50. The fourth-order valence-electron chi connectivity index (χ4n) is 1.17. The van der Waals surface area contributed by atoms with Crippen molar-refractivity contribution in [3.63, 3.8) is 0 Å². The summed E-state index contributed by atoms with van der Waals surface area (Å²) in [5, 5.41) is 2.12. The molecular formula is C10H9NS. The number of rotatable bonds is 1. The second-order valence-corrected chi connectivity index (χ2v) is 3.58. The second-order valence-electron chi connectivity index (χ2n) is 2.67. The predicted octanol–water partition coefficient (Wildman–Crippen LogP) is 3.12. The van der Waals surface area contributed by atoms with E-state index in [2.05, 4.69) is 23.4 Å². The van der Waals surface area contributed by atoms with Gasteiger partial charge < -0.3 is 0 Å². The molecule has 0 N–H and O–H groups in total. The summed E-state index contributed by atoms with van der Waals surface area (Å²) in [5.74, 6) is 0. The molecule has 0 bridgehead atoms. The van der Waals surface area contributed by atoms with E-state index >= 15 is 0 Å². The van der Waals surface area contributed by atoms with E-state index in [9.17, 15) is 0 Å². The summed E-state index contributed by atoms with van der Waals surface area (Å²) < 4.78 is 0. The Bertz CT molecular complexity index is 364. The summed E-state index contributed by atoms with van der Waals surface area (Å²) in [6, 6.07) is 6.22. The number of pyridine rings is 1. The van der Waals surface area contributed by atoms with Crippen molar-refractivity contribution in [2.24, 2.45) is 0 Å². The first-order valence-electron chi connectivity index (χ1n) is 3.82. The van der Waals surface area contributed by atoms with Crippen LogP contribution in [0.1, 0.15) is 5.56 Å². The van der Waals surface area contributed by atoms with E-state index in [-0.39, 0.29) is 0 Å². The largest absolute Gasteiger partial charge is 0.265 e. The number of thiophene rings is 1. The molecule has 0 aliphatic rings. The van der Waals surface area contributed by atoms with Gasteiger partial charge in [0.15, 0.2) is 0 Å². The molecule has 0 spiro atoms. The lowest BCUT2D eigenvalue weighted by atomic mass is 10.2. The quantitative estimate of drug-likeness (QED) is 0.649. The maximum absolute atomic E-state index is 3.99. The van der Waals surface area contributed by atoms with Crippen LogP contribution in [0.15, 0.2) is 36.0 Å². The molecule has 0 saturated heterocycles. The van der Waals surface area contributed by atoms with E-state index in [1.54, 1.807) is 11.3 Å². The third kappa shape index (κ3) is 1.25. The first-order valence-corrected chi connectivity index (χ1v) is 4.70. The lowest BCUT2D eigenvalue weighted by Gasteiger charge is -1.97. The van der Waals surface area contributed by atoms with Crippen LogP contribution < -0.4 is 0 Å². The van der Waals surface area contributed by atoms with Crippen LogP contribution in [0.4, 0.5) is 0 Å². The molecule has 0 aromatic carbocycles. The van der Waals surface area contributed by atoms with Crippen LogP contribution in [0.25, 0.3) is 10.4 Å². The molecule has 12 heavy (non-hydrogen) atoms. The Labute approximate surface area is 75.7 Å². The Kier molecular flexibility index (Phi) is 1.92. The Morgan fingerprint density at radius 3 is 2.50 bits per heavy atom. The summed E-state index contributed by atoms with van der Waals surface area (Å²) in [5.41, 5.74) is 2.60. The molecular weight excluding hydrogens is 166 g/mol. The van der Waals surface area contributed by atoms with Gasteiger partial charge in [0.2, 0.25) is 0 Å². The predicted molar refractivity (Wildman–Crippen MR) is 52.3 cm³/mol. The van der Waals surface area contributed by atoms with Crippen LogP contribution in [0.2, 0.25) is 0 Å². The summed E-state index contributed by atoms with van der Waals surface area (Å²) in [6.45, 7) is 2.13. The fraction of sp³-hybridized carbons (Fsp3) is 0.100. The average molecular weight is 175 g/mol. The van der Waals surface area contributed by atoms with Crippen LogP contribution in [0.3, 0.4) is 0 Å². The van der Waals surface area contributed by atoms with Gasteiger partial charge in [0, 0.05) is 17.3 Å². The van der Waals surface area contributed by atoms with Gasteiger partial charge >= 0.3 is 0 Å². The molecule has 2 aromatic rings. The maximum atomic E-state index is 3.99. The van der Waals surface area contributed by atoms with Gasteiger partial charge in [0.05, 0.1) is 0 Å². The van der Waals surface area contributed by atoms with Gasteiger partial charge in [-0.05, 0) is 41.6 Å². The smallest absolute Gasteiger partial charge is 0.0372 e. The van der Waals surface area contributed by atoms with Gasteiger partial charge in [-0.25, -0.2) is 0 Å². The lowest BCUT2D eigenvalue weighted by Crippen LogP contribution is -1.75. The van der Waals surface area contributed by atoms with Crippen molar-refractivity contribution in [1.29, 1.82) is 0 Å². The van der Waals surface area contributed by atoms with Crippen molar-refractivity contribution in [3.8, 4) is 10.4 Å². The molecule has 0 unspecified atom stereocenters. The highest BCUT2D eigenvalue weighted by molar-refractivity contribution is 7.13. The Balaban J connectivity index is 2.51. The normalized spacial score (nSPS) is 10.1. The number of hydrogen-bond donors (Lipinski definition) is 0. The summed E-state index contributed by atoms with van der Waals surface area (Å²) in [6.07, 6.45) is 3.66. The van der Waals surface area contributed by atoms with Gasteiger partial charge in [-0.15, -0.1) is 11.3 Å². The standard InChI is InChI=1S/C10H9NS/c1-8-4-7-12-10(8)9-2-5-11-6-3-9/h2-7H,1H3. The van der Waals surface area contributed by atoms with Crippen LogP contribution in [-0.4, -0.2) is 4.98 Å². The minimum Gasteiger partial charge on any atom is -0.265 e. The van der Waals surface area contributed by atoms with E-state index < -0.39 is 0 Å². The fourth-order valence-corrected chi connectivity index (χ4v) is 2.11. The zero-order valence-corrected chi connectivity index (χ0v) is 7.64. The molecule has 1 nitrogen and oxygen atoms in total. The van der Waals surface area contributed by atoms with Crippen molar-refractivity contribution in [1.82, 2.24) is 4.98 Å². The molecule has 2 rings (SSSR count). The van der Waals surface area contributed by atoms with Crippen LogP contribution >= 0.6 is 11.3 Å². The number of aryl methyl sites for hydroxylation is 1.